The molecule has 58 heavy (non-hydrogen) atoms. The lowest BCUT2D eigenvalue weighted by Crippen LogP contribution is -1.96. The summed E-state index contributed by atoms with van der Waals surface area (Å²) in [7, 11) is 0. The summed E-state index contributed by atoms with van der Waals surface area (Å²) in [6.07, 6.45) is 0. The summed E-state index contributed by atoms with van der Waals surface area (Å²) in [6.45, 7) is 0. The fraction of sp³-hybridized carbons (Fsp3) is 0. The summed E-state index contributed by atoms with van der Waals surface area (Å²) >= 11 is 1.82. The van der Waals surface area contributed by atoms with Crippen molar-refractivity contribution in [1.29, 1.82) is 0 Å². The van der Waals surface area contributed by atoms with Gasteiger partial charge in [0.2, 0.25) is 0 Å². The van der Waals surface area contributed by atoms with Gasteiger partial charge in [0.05, 0.1) is 22.6 Å². The molecule has 0 spiro atoms. The Bertz CT molecular complexity index is 3550. The highest BCUT2D eigenvalue weighted by Gasteiger charge is 2.20. The third kappa shape index (κ3) is 5.18. The van der Waals surface area contributed by atoms with E-state index >= 15 is 0 Å². The lowest BCUT2D eigenvalue weighted by Gasteiger charge is -2.11. The van der Waals surface area contributed by atoms with Crippen LogP contribution in [0.1, 0.15) is 0 Å². The second-order valence-electron chi connectivity index (χ2n) is 14.7. The molecule has 12 rings (SSSR count). The topological polar surface area (TPSA) is 51.8 Å². The van der Waals surface area contributed by atoms with E-state index in [0.29, 0.717) is 5.82 Å². The first-order valence-corrected chi connectivity index (χ1v) is 20.2. The van der Waals surface area contributed by atoms with Crippen molar-refractivity contribution < 1.29 is 4.42 Å². The van der Waals surface area contributed by atoms with Crippen molar-refractivity contribution in [3.63, 3.8) is 0 Å². The van der Waals surface area contributed by atoms with Gasteiger partial charge in [-0.1, -0.05) is 158 Å². The van der Waals surface area contributed by atoms with E-state index in [-0.39, 0.29) is 0 Å². The lowest BCUT2D eigenvalue weighted by molar-refractivity contribution is 0.674. The van der Waals surface area contributed by atoms with Gasteiger partial charge in [0.15, 0.2) is 5.82 Å². The van der Waals surface area contributed by atoms with Crippen LogP contribution in [0.5, 0.6) is 0 Å². The average Bonchev–Trinajstić information content (AvgIpc) is 3.88. The quantitative estimate of drug-likeness (QED) is 0.164. The van der Waals surface area contributed by atoms with Crippen LogP contribution < -0.4 is 0 Å². The number of furan rings is 1. The van der Waals surface area contributed by atoms with Crippen LogP contribution in [0, 0.1) is 0 Å². The molecule has 0 aliphatic rings. The maximum atomic E-state index is 7.01. The number of benzene rings is 8. The molecule has 0 bridgehead atoms. The molecule has 5 heteroatoms. The van der Waals surface area contributed by atoms with Gasteiger partial charge in [0.1, 0.15) is 11.2 Å². The monoisotopic (exact) mass is 757 g/mol. The zero-order chi connectivity index (χ0) is 38.2. The number of thiophene rings is 1. The Kier molecular flexibility index (Phi) is 7.37. The van der Waals surface area contributed by atoms with Crippen molar-refractivity contribution in [1.82, 2.24) is 15.0 Å². The predicted octanol–water partition coefficient (Wildman–Crippen LogP) is 14.8. The van der Waals surface area contributed by atoms with Crippen LogP contribution in [0.25, 0.3) is 120 Å². The van der Waals surface area contributed by atoms with E-state index in [9.17, 15) is 0 Å². The van der Waals surface area contributed by atoms with Crippen LogP contribution in [-0.2, 0) is 0 Å². The molecule has 4 aromatic heterocycles. The maximum Gasteiger partial charge on any atom is 0.160 e. The number of nitrogens with zero attached hydrogens (tertiary/aromatic N) is 3. The summed E-state index contributed by atoms with van der Waals surface area (Å²) in [5.41, 5.74) is 11.7. The van der Waals surface area contributed by atoms with Crippen LogP contribution in [0.2, 0.25) is 0 Å². The van der Waals surface area contributed by atoms with E-state index in [4.69, 9.17) is 19.4 Å². The molecule has 4 nitrogen and oxygen atoms in total. The smallest absolute Gasteiger partial charge is 0.160 e. The highest BCUT2D eigenvalue weighted by molar-refractivity contribution is 7.25. The lowest BCUT2D eigenvalue weighted by atomic mass is 9.97. The minimum atomic E-state index is 0.700. The summed E-state index contributed by atoms with van der Waals surface area (Å²) in [4.78, 5) is 15.5. The third-order valence-electron chi connectivity index (χ3n) is 11.3. The van der Waals surface area contributed by atoms with Crippen molar-refractivity contribution in [2.75, 3.05) is 0 Å². The van der Waals surface area contributed by atoms with Gasteiger partial charge in [-0.25, -0.2) is 15.0 Å². The van der Waals surface area contributed by atoms with E-state index in [2.05, 4.69) is 158 Å². The summed E-state index contributed by atoms with van der Waals surface area (Å²) in [6, 6.07) is 65.8. The van der Waals surface area contributed by atoms with E-state index in [1.165, 1.54) is 20.2 Å². The van der Waals surface area contributed by atoms with E-state index < -0.39 is 0 Å². The van der Waals surface area contributed by atoms with Crippen molar-refractivity contribution in [3.8, 4) is 56.3 Å². The number of hydrogen-bond acceptors (Lipinski definition) is 5. The number of rotatable bonds is 5. The predicted molar refractivity (Wildman–Crippen MR) is 242 cm³/mol. The summed E-state index contributed by atoms with van der Waals surface area (Å²) < 4.78 is 9.53. The highest BCUT2D eigenvalue weighted by atomic mass is 32.1. The van der Waals surface area contributed by atoms with Crippen LogP contribution in [0.3, 0.4) is 0 Å². The molecule has 0 aliphatic heterocycles. The number of para-hydroxylation sites is 2. The zero-order valence-corrected chi connectivity index (χ0v) is 31.9. The Hall–Kier alpha value is -7.47. The normalized spacial score (nSPS) is 11.8. The van der Waals surface area contributed by atoms with Crippen molar-refractivity contribution in [3.05, 3.63) is 188 Å². The third-order valence-corrected chi connectivity index (χ3v) is 12.4. The molecular formula is C53H31N3OS. The maximum absolute atomic E-state index is 7.01. The van der Waals surface area contributed by atoms with Crippen molar-refractivity contribution >= 4 is 75.1 Å². The number of fused-ring (bicyclic) bond motifs is 10. The van der Waals surface area contributed by atoms with Gasteiger partial charge in [-0.2, -0.15) is 0 Å². The Balaban J connectivity index is 1.01. The van der Waals surface area contributed by atoms with Crippen LogP contribution in [0.15, 0.2) is 192 Å². The largest absolute Gasteiger partial charge is 0.455 e. The van der Waals surface area contributed by atoms with Gasteiger partial charge in [0.25, 0.3) is 0 Å². The number of hydrogen-bond donors (Lipinski definition) is 0. The minimum absolute atomic E-state index is 0.700. The molecule has 0 unspecified atom stereocenters. The molecule has 0 aliphatic carbocycles. The fourth-order valence-corrected chi connectivity index (χ4v) is 9.72. The molecule has 8 aromatic carbocycles. The van der Waals surface area contributed by atoms with Crippen LogP contribution in [-0.4, -0.2) is 15.0 Å². The van der Waals surface area contributed by atoms with Gasteiger partial charge >= 0.3 is 0 Å². The molecular weight excluding hydrogens is 727 g/mol. The molecule has 0 amide bonds. The molecule has 0 radical (unpaired) electrons. The second-order valence-corrected chi connectivity index (χ2v) is 15.8. The fourth-order valence-electron chi connectivity index (χ4n) is 8.59. The molecule has 0 saturated carbocycles. The average molecular weight is 758 g/mol. The van der Waals surface area contributed by atoms with Crippen LogP contribution >= 0.6 is 11.3 Å². The highest BCUT2D eigenvalue weighted by Crippen LogP contribution is 2.44. The Morgan fingerprint density at radius 2 is 0.983 bits per heavy atom. The first-order valence-electron chi connectivity index (χ1n) is 19.4. The molecule has 12 aromatic rings. The Morgan fingerprint density at radius 3 is 1.83 bits per heavy atom. The van der Waals surface area contributed by atoms with E-state index in [1.54, 1.807) is 0 Å². The molecule has 0 fully saturated rings. The van der Waals surface area contributed by atoms with Gasteiger partial charge in [-0.15, -0.1) is 11.3 Å². The zero-order valence-electron chi connectivity index (χ0n) is 31.1. The first-order chi connectivity index (χ1) is 28.7. The molecule has 0 atom stereocenters. The van der Waals surface area contributed by atoms with Crippen LogP contribution in [0.4, 0.5) is 0 Å². The number of aromatic nitrogens is 3. The minimum Gasteiger partial charge on any atom is -0.455 e. The first kappa shape index (κ1) is 32.7. The Labute approximate surface area is 337 Å². The van der Waals surface area contributed by atoms with Gasteiger partial charge in [-0.3, -0.25) is 0 Å². The second kappa shape index (κ2) is 13.1. The van der Waals surface area contributed by atoms with Crippen molar-refractivity contribution in [2.24, 2.45) is 0 Å². The summed E-state index contributed by atoms with van der Waals surface area (Å²) in [5.74, 6) is 0.700. The molecule has 0 N–H and O–H groups in total. The van der Waals surface area contributed by atoms with E-state index in [0.717, 1.165) is 94.1 Å². The van der Waals surface area contributed by atoms with Gasteiger partial charge in [-0.05, 0) is 35.9 Å². The standard InChI is InChI=1S/C53H31N3OS/c1-3-13-34(14-4-1)50-42-30-29-38-37-20-11-19-36(51(37)57-52(38)49(42)39-17-7-9-22-43(39)54-50)32-25-27-33(28-26-32)44-31-45(56-53(55-44)35-15-5-2-6-16-35)40-21-12-24-47-48(40)41-18-8-10-23-46(41)58-47/h1-31H. The summed E-state index contributed by atoms with van der Waals surface area (Å²) in [5, 5.41) is 7.89. The van der Waals surface area contributed by atoms with Gasteiger partial charge in [0, 0.05) is 74.9 Å². The molecule has 4 heterocycles. The Morgan fingerprint density at radius 1 is 0.362 bits per heavy atom. The SMILES string of the molecule is c1ccc(-c2nc(-c3ccc(-c4cccc5c4oc4c5ccc5c(-c6ccccc6)nc6ccccc6c54)cc3)cc(-c3cccc4sc5ccccc5c34)n2)cc1. The molecule has 0 saturated heterocycles. The number of pyridine rings is 1. The molecule has 270 valence electrons. The van der Waals surface area contributed by atoms with Crippen molar-refractivity contribution in [2.45, 2.75) is 0 Å². The van der Waals surface area contributed by atoms with E-state index in [1.807, 2.05) is 41.7 Å². The van der Waals surface area contributed by atoms with Gasteiger partial charge < -0.3 is 4.42 Å².